The number of amides is 2. The molecule has 7 nitrogen and oxygen atoms in total. The molecule has 7 heteroatoms. The summed E-state index contributed by atoms with van der Waals surface area (Å²) in [6, 6.07) is 3.88. The molecule has 1 aromatic heterocycles. The Kier molecular flexibility index (Phi) is 4.22. The van der Waals surface area contributed by atoms with Crippen molar-refractivity contribution in [3.05, 3.63) is 17.8 Å². The molecule has 2 aliphatic rings. The maximum atomic E-state index is 12.6. The minimum absolute atomic E-state index is 0.0669. The largest absolute Gasteiger partial charge is 0.354 e. The molecule has 0 bridgehead atoms. The quantitative estimate of drug-likeness (QED) is 0.829. The molecule has 2 saturated heterocycles. The molecule has 2 fully saturated rings. The Hall–Kier alpha value is -2.18. The molecule has 0 aliphatic carbocycles. The number of nitrogens with zero attached hydrogens (tertiary/aromatic N) is 4. The van der Waals surface area contributed by atoms with Gasteiger partial charge in [-0.15, -0.1) is 5.10 Å². The van der Waals surface area contributed by atoms with Crippen LogP contribution in [0.3, 0.4) is 0 Å². The van der Waals surface area contributed by atoms with E-state index in [9.17, 15) is 9.59 Å². The van der Waals surface area contributed by atoms with Crippen LogP contribution in [0.4, 0.5) is 5.82 Å². The average Bonchev–Trinajstić information content (AvgIpc) is 2.55. The van der Waals surface area contributed by atoms with Gasteiger partial charge in [0.15, 0.2) is 5.82 Å². The van der Waals surface area contributed by atoms with Crippen LogP contribution in [-0.4, -0.2) is 59.6 Å². The smallest absolute Gasteiger partial charge is 0.239 e. The van der Waals surface area contributed by atoms with Gasteiger partial charge in [0, 0.05) is 26.2 Å². The molecule has 1 N–H and O–H groups in total. The van der Waals surface area contributed by atoms with Gasteiger partial charge in [-0.1, -0.05) is 0 Å². The van der Waals surface area contributed by atoms with E-state index in [-0.39, 0.29) is 24.3 Å². The molecular formula is C15H21N5O2. The summed E-state index contributed by atoms with van der Waals surface area (Å²) in [7, 11) is 0. The highest BCUT2D eigenvalue weighted by atomic mass is 16.2. The molecule has 2 amide bonds. The maximum Gasteiger partial charge on any atom is 0.239 e. The molecule has 1 unspecified atom stereocenters. The van der Waals surface area contributed by atoms with Gasteiger partial charge in [0.2, 0.25) is 11.8 Å². The summed E-state index contributed by atoms with van der Waals surface area (Å²) >= 11 is 0. The third-order valence-electron chi connectivity index (χ3n) is 4.23. The van der Waals surface area contributed by atoms with E-state index in [1.807, 2.05) is 19.1 Å². The van der Waals surface area contributed by atoms with Crippen LogP contribution < -0.4 is 10.2 Å². The zero-order valence-corrected chi connectivity index (χ0v) is 12.8. The van der Waals surface area contributed by atoms with E-state index in [4.69, 9.17) is 0 Å². The van der Waals surface area contributed by atoms with Crippen molar-refractivity contribution in [1.82, 2.24) is 20.4 Å². The van der Waals surface area contributed by atoms with Gasteiger partial charge in [0.1, 0.15) is 0 Å². The van der Waals surface area contributed by atoms with Crippen LogP contribution in [0.1, 0.15) is 18.5 Å². The second-order valence-electron chi connectivity index (χ2n) is 5.93. The van der Waals surface area contributed by atoms with Gasteiger partial charge in [-0.25, -0.2) is 0 Å². The topological polar surface area (TPSA) is 78.4 Å². The predicted octanol–water partition coefficient (Wildman–Crippen LogP) is -0.0402. The predicted molar refractivity (Wildman–Crippen MR) is 81.3 cm³/mol. The maximum absolute atomic E-state index is 12.6. The normalized spacial score (nSPS) is 22.4. The lowest BCUT2D eigenvalue weighted by Gasteiger charge is -2.36. The first-order chi connectivity index (χ1) is 10.6. The van der Waals surface area contributed by atoms with Gasteiger partial charge in [0.25, 0.3) is 0 Å². The van der Waals surface area contributed by atoms with Crippen LogP contribution in [0.25, 0.3) is 0 Å². The van der Waals surface area contributed by atoms with Crippen LogP contribution in [0.15, 0.2) is 12.1 Å². The Morgan fingerprint density at radius 2 is 2.18 bits per heavy atom. The molecule has 3 rings (SSSR count). The molecule has 118 valence electrons. The third kappa shape index (κ3) is 3.18. The Balaban J connectivity index is 1.66. The fourth-order valence-corrected chi connectivity index (χ4v) is 3.03. The molecule has 2 aliphatic heterocycles. The molecule has 0 radical (unpaired) electrons. The highest BCUT2D eigenvalue weighted by Gasteiger charge is 2.31. The number of anilines is 1. The summed E-state index contributed by atoms with van der Waals surface area (Å²) in [6.45, 7) is 4.77. The SMILES string of the molecule is Cc1ccc(N2CCCC(C(=O)N3CCNC(=O)C3)C2)nn1. The summed E-state index contributed by atoms with van der Waals surface area (Å²) in [5.74, 6) is 0.763. The Bertz CT molecular complexity index is 560. The summed E-state index contributed by atoms with van der Waals surface area (Å²) < 4.78 is 0. The number of carbonyl (C=O) groups is 2. The number of piperazine rings is 1. The van der Waals surface area contributed by atoms with E-state index in [1.165, 1.54) is 0 Å². The molecule has 0 aromatic carbocycles. The Morgan fingerprint density at radius 3 is 2.91 bits per heavy atom. The third-order valence-corrected chi connectivity index (χ3v) is 4.23. The second kappa shape index (κ2) is 6.29. The van der Waals surface area contributed by atoms with Crippen molar-refractivity contribution in [1.29, 1.82) is 0 Å². The zero-order chi connectivity index (χ0) is 15.5. The number of rotatable bonds is 2. The number of aryl methyl sites for hydroxylation is 1. The molecule has 1 aromatic rings. The first-order valence-corrected chi connectivity index (χ1v) is 7.74. The number of carbonyl (C=O) groups excluding carboxylic acids is 2. The van der Waals surface area contributed by atoms with Crippen molar-refractivity contribution < 1.29 is 9.59 Å². The van der Waals surface area contributed by atoms with Gasteiger partial charge in [-0.2, -0.15) is 5.10 Å². The molecule has 22 heavy (non-hydrogen) atoms. The van der Waals surface area contributed by atoms with Gasteiger partial charge in [0.05, 0.1) is 18.2 Å². The summed E-state index contributed by atoms with van der Waals surface area (Å²) in [4.78, 5) is 27.8. The molecule has 1 atom stereocenters. The molecule has 3 heterocycles. The highest BCUT2D eigenvalue weighted by Crippen LogP contribution is 2.23. The molecule has 0 spiro atoms. The van der Waals surface area contributed by atoms with E-state index < -0.39 is 0 Å². The van der Waals surface area contributed by atoms with Crippen LogP contribution in [0.5, 0.6) is 0 Å². The summed E-state index contributed by atoms with van der Waals surface area (Å²) in [5.41, 5.74) is 0.882. The average molecular weight is 303 g/mol. The number of aromatic nitrogens is 2. The van der Waals surface area contributed by atoms with Gasteiger partial charge in [-0.05, 0) is 31.9 Å². The lowest BCUT2D eigenvalue weighted by atomic mass is 9.96. The Labute approximate surface area is 129 Å². The van der Waals surface area contributed by atoms with Crippen molar-refractivity contribution >= 4 is 17.6 Å². The van der Waals surface area contributed by atoms with Gasteiger partial charge >= 0.3 is 0 Å². The minimum Gasteiger partial charge on any atom is -0.354 e. The zero-order valence-electron chi connectivity index (χ0n) is 12.8. The first-order valence-electron chi connectivity index (χ1n) is 7.74. The number of hydrogen-bond donors (Lipinski definition) is 1. The molecule has 0 saturated carbocycles. The van der Waals surface area contributed by atoms with Crippen molar-refractivity contribution in [2.24, 2.45) is 5.92 Å². The van der Waals surface area contributed by atoms with Crippen LogP contribution in [0.2, 0.25) is 0 Å². The summed E-state index contributed by atoms with van der Waals surface area (Å²) in [6.07, 6.45) is 1.82. The number of piperidine rings is 1. The van der Waals surface area contributed by atoms with E-state index in [0.717, 1.165) is 30.9 Å². The van der Waals surface area contributed by atoms with Gasteiger partial charge < -0.3 is 15.1 Å². The lowest BCUT2D eigenvalue weighted by Crippen LogP contribution is -2.53. The molecular weight excluding hydrogens is 282 g/mol. The first kappa shape index (κ1) is 14.7. The standard InChI is InChI=1S/C15H21N5O2/c1-11-4-5-13(18-17-11)19-7-2-3-12(9-19)15(22)20-8-6-16-14(21)10-20/h4-5,12H,2-3,6-10H2,1H3,(H,16,21). The fourth-order valence-electron chi connectivity index (χ4n) is 3.03. The Morgan fingerprint density at radius 1 is 1.32 bits per heavy atom. The minimum atomic E-state index is -0.0725. The van der Waals surface area contributed by atoms with Crippen LogP contribution in [-0.2, 0) is 9.59 Å². The lowest BCUT2D eigenvalue weighted by molar-refractivity contribution is -0.141. The second-order valence-corrected chi connectivity index (χ2v) is 5.93. The van der Waals surface area contributed by atoms with Gasteiger partial charge in [-0.3, -0.25) is 9.59 Å². The number of hydrogen-bond acceptors (Lipinski definition) is 5. The van der Waals surface area contributed by atoms with E-state index >= 15 is 0 Å². The van der Waals surface area contributed by atoms with Crippen molar-refractivity contribution in [3.63, 3.8) is 0 Å². The van der Waals surface area contributed by atoms with E-state index in [2.05, 4.69) is 20.4 Å². The highest BCUT2D eigenvalue weighted by molar-refractivity contribution is 5.87. The van der Waals surface area contributed by atoms with Crippen LogP contribution in [0, 0.1) is 12.8 Å². The van der Waals surface area contributed by atoms with E-state index in [0.29, 0.717) is 19.6 Å². The summed E-state index contributed by atoms with van der Waals surface area (Å²) in [5, 5.41) is 11.0. The van der Waals surface area contributed by atoms with Crippen molar-refractivity contribution in [2.45, 2.75) is 19.8 Å². The van der Waals surface area contributed by atoms with Crippen LogP contribution >= 0.6 is 0 Å². The van der Waals surface area contributed by atoms with Crippen molar-refractivity contribution in [2.75, 3.05) is 37.6 Å². The fraction of sp³-hybridized carbons (Fsp3) is 0.600. The monoisotopic (exact) mass is 303 g/mol. The number of nitrogens with one attached hydrogen (secondary N) is 1. The van der Waals surface area contributed by atoms with E-state index in [1.54, 1.807) is 4.90 Å². The van der Waals surface area contributed by atoms with Crippen molar-refractivity contribution in [3.8, 4) is 0 Å².